The van der Waals surface area contributed by atoms with Gasteiger partial charge in [-0.3, -0.25) is 0 Å². The Morgan fingerprint density at radius 1 is 1.30 bits per heavy atom. The van der Waals surface area contributed by atoms with Crippen LogP contribution in [-0.2, 0) is 12.8 Å². The van der Waals surface area contributed by atoms with Crippen molar-refractivity contribution in [3.8, 4) is 5.75 Å². The Balaban J connectivity index is 1.77. The van der Waals surface area contributed by atoms with Crippen molar-refractivity contribution in [1.29, 1.82) is 0 Å². The summed E-state index contributed by atoms with van der Waals surface area (Å²) < 4.78 is 5.80. The molecule has 0 bridgehead atoms. The van der Waals surface area contributed by atoms with Crippen LogP contribution < -0.4 is 15.4 Å². The van der Waals surface area contributed by atoms with Crippen LogP contribution in [0.5, 0.6) is 5.75 Å². The largest absolute Gasteiger partial charge is 0.491 e. The zero-order chi connectivity index (χ0) is 14.2. The first-order valence-corrected chi connectivity index (χ1v) is 7.17. The summed E-state index contributed by atoms with van der Waals surface area (Å²) in [5.74, 6) is 0.968. The van der Waals surface area contributed by atoms with Crippen LogP contribution in [0.3, 0.4) is 0 Å². The van der Waals surface area contributed by atoms with E-state index in [1.165, 1.54) is 24.0 Å². The minimum Gasteiger partial charge on any atom is -0.491 e. The maximum absolute atomic E-state index is 11.3. The van der Waals surface area contributed by atoms with Crippen LogP contribution in [0, 0.1) is 0 Å². The lowest BCUT2D eigenvalue weighted by atomic mass is 9.91. The maximum atomic E-state index is 11.3. The molecule has 1 aliphatic carbocycles. The van der Waals surface area contributed by atoms with Crippen LogP contribution in [0.2, 0.25) is 0 Å². The van der Waals surface area contributed by atoms with Crippen molar-refractivity contribution in [3.05, 3.63) is 42.0 Å². The number of ether oxygens (including phenoxy) is 1. The lowest BCUT2D eigenvalue weighted by Crippen LogP contribution is -2.37. The van der Waals surface area contributed by atoms with Gasteiger partial charge in [0.1, 0.15) is 12.4 Å². The summed E-state index contributed by atoms with van der Waals surface area (Å²) in [6, 6.07) is 6.05. The standard InChI is InChI=1S/C16H22N2O2/c1-2-10-17-16(19)18-11-12-20-15-9-5-7-13-6-3-4-8-14(13)15/h2,5,7,9H,1,3-4,6,8,10-12H2,(H2,17,18,19). The van der Waals surface area contributed by atoms with Crippen LogP contribution in [0.15, 0.2) is 30.9 Å². The topological polar surface area (TPSA) is 50.4 Å². The Labute approximate surface area is 120 Å². The molecule has 0 fully saturated rings. The van der Waals surface area contributed by atoms with Gasteiger partial charge in [-0.05, 0) is 42.9 Å². The summed E-state index contributed by atoms with van der Waals surface area (Å²) in [5, 5.41) is 5.40. The number of carbonyl (C=O) groups excluding carboxylic acids is 1. The zero-order valence-corrected chi connectivity index (χ0v) is 11.8. The molecule has 0 saturated carbocycles. The number of aryl methyl sites for hydroxylation is 1. The summed E-state index contributed by atoms with van der Waals surface area (Å²) in [6.45, 7) is 4.99. The molecule has 0 saturated heterocycles. The number of carbonyl (C=O) groups is 1. The van der Waals surface area contributed by atoms with Crippen molar-refractivity contribution >= 4 is 6.03 Å². The van der Waals surface area contributed by atoms with Gasteiger partial charge >= 0.3 is 6.03 Å². The highest BCUT2D eigenvalue weighted by atomic mass is 16.5. The fourth-order valence-corrected chi connectivity index (χ4v) is 2.43. The Hall–Kier alpha value is -1.97. The molecule has 0 unspecified atom stereocenters. The Morgan fingerprint density at radius 2 is 2.15 bits per heavy atom. The molecular formula is C16H22N2O2. The fourth-order valence-electron chi connectivity index (χ4n) is 2.43. The van der Waals surface area contributed by atoms with Gasteiger partial charge in [-0.2, -0.15) is 0 Å². The van der Waals surface area contributed by atoms with Crippen molar-refractivity contribution in [2.24, 2.45) is 0 Å². The second-order valence-corrected chi connectivity index (χ2v) is 4.87. The smallest absolute Gasteiger partial charge is 0.315 e. The molecule has 0 aliphatic heterocycles. The Bertz CT molecular complexity index is 472. The molecule has 4 heteroatoms. The van der Waals surface area contributed by atoms with E-state index < -0.39 is 0 Å². The first-order chi connectivity index (χ1) is 9.81. The minimum atomic E-state index is -0.191. The first kappa shape index (κ1) is 14.4. The number of rotatable bonds is 6. The van der Waals surface area contributed by atoms with Crippen LogP contribution in [-0.4, -0.2) is 25.7 Å². The van der Waals surface area contributed by atoms with Crippen molar-refractivity contribution in [2.45, 2.75) is 25.7 Å². The van der Waals surface area contributed by atoms with E-state index in [4.69, 9.17) is 4.74 Å². The number of nitrogens with one attached hydrogen (secondary N) is 2. The molecule has 0 radical (unpaired) electrons. The van der Waals surface area contributed by atoms with E-state index in [-0.39, 0.29) is 6.03 Å². The average molecular weight is 274 g/mol. The molecule has 2 rings (SSSR count). The van der Waals surface area contributed by atoms with Gasteiger partial charge in [0.05, 0.1) is 6.54 Å². The molecule has 0 heterocycles. The fraction of sp³-hybridized carbons (Fsp3) is 0.438. The number of hydrogen-bond donors (Lipinski definition) is 2. The molecule has 1 aliphatic rings. The Kier molecular flexibility index (Phi) is 5.47. The highest BCUT2D eigenvalue weighted by Crippen LogP contribution is 2.29. The van der Waals surface area contributed by atoms with E-state index in [0.29, 0.717) is 19.7 Å². The van der Waals surface area contributed by atoms with Gasteiger partial charge < -0.3 is 15.4 Å². The van der Waals surface area contributed by atoms with Crippen molar-refractivity contribution in [3.63, 3.8) is 0 Å². The van der Waals surface area contributed by atoms with E-state index in [1.807, 2.05) is 12.1 Å². The van der Waals surface area contributed by atoms with E-state index in [1.54, 1.807) is 6.08 Å². The van der Waals surface area contributed by atoms with Gasteiger partial charge in [-0.25, -0.2) is 4.79 Å². The van der Waals surface area contributed by atoms with Gasteiger partial charge in [0, 0.05) is 6.54 Å². The second kappa shape index (κ2) is 7.58. The van der Waals surface area contributed by atoms with Crippen LogP contribution in [0.25, 0.3) is 0 Å². The summed E-state index contributed by atoms with van der Waals surface area (Å²) in [4.78, 5) is 11.3. The predicted molar refractivity (Wildman–Crippen MR) is 80.2 cm³/mol. The molecule has 108 valence electrons. The number of fused-ring (bicyclic) bond motifs is 1. The van der Waals surface area contributed by atoms with Crippen LogP contribution >= 0.6 is 0 Å². The van der Waals surface area contributed by atoms with Gasteiger partial charge in [-0.15, -0.1) is 6.58 Å². The normalized spacial score (nSPS) is 13.2. The molecule has 4 nitrogen and oxygen atoms in total. The molecule has 2 amide bonds. The average Bonchev–Trinajstić information content (AvgIpc) is 2.49. The third-order valence-electron chi connectivity index (χ3n) is 3.41. The summed E-state index contributed by atoms with van der Waals surface area (Å²) in [5.41, 5.74) is 2.75. The van der Waals surface area contributed by atoms with E-state index in [2.05, 4.69) is 23.3 Å². The molecule has 2 N–H and O–H groups in total. The SMILES string of the molecule is C=CCNC(=O)NCCOc1cccc2c1CCCC2. The Morgan fingerprint density at radius 3 is 3.00 bits per heavy atom. The van der Waals surface area contributed by atoms with E-state index in [0.717, 1.165) is 18.6 Å². The van der Waals surface area contributed by atoms with Gasteiger partial charge in [0.2, 0.25) is 0 Å². The highest BCUT2D eigenvalue weighted by Gasteiger charge is 2.13. The molecule has 0 aromatic heterocycles. The van der Waals surface area contributed by atoms with Crippen molar-refractivity contribution < 1.29 is 9.53 Å². The second-order valence-electron chi connectivity index (χ2n) is 4.87. The third kappa shape index (κ3) is 4.02. The van der Waals surface area contributed by atoms with Crippen molar-refractivity contribution in [2.75, 3.05) is 19.7 Å². The molecular weight excluding hydrogens is 252 g/mol. The molecule has 1 aromatic carbocycles. The number of amides is 2. The molecule has 20 heavy (non-hydrogen) atoms. The third-order valence-corrected chi connectivity index (χ3v) is 3.41. The molecule has 0 spiro atoms. The number of hydrogen-bond acceptors (Lipinski definition) is 2. The number of benzene rings is 1. The highest BCUT2D eigenvalue weighted by molar-refractivity contribution is 5.73. The first-order valence-electron chi connectivity index (χ1n) is 7.17. The van der Waals surface area contributed by atoms with Crippen molar-refractivity contribution in [1.82, 2.24) is 10.6 Å². The minimum absolute atomic E-state index is 0.191. The predicted octanol–water partition coefficient (Wildman–Crippen LogP) is 2.43. The number of urea groups is 1. The van der Waals surface area contributed by atoms with E-state index in [9.17, 15) is 4.79 Å². The maximum Gasteiger partial charge on any atom is 0.315 e. The van der Waals surface area contributed by atoms with Crippen LogP contribution in [0.4, 0.5) is 4.79 Å². The quantitative estimate of drug-likeness (QED) is 0.618. The molecule has 0 atom stereocenters. The van der Waals surface area contributed by atoms with Gasteiger partial charge in [-0.1, -0.05) is 18.2 Å². The van der Waals surface area contributed by atoms with Gasteiger partial charge in [0.15, 0.2) is 0 Å². The molecule has 1 aromatic rings. The summed E-state index contributed by atoms with van der Waals surface area (Å²) in [6.07, 6.45) is 6.39. The zero-order valence-electron chi connectivity index (χ0n) is 11.8. The lowest BCUT2D eigenvalue weighted by Gasteiger charge is -2.19. The van der Waals surface area contributed by atoms with E-state index >= 15 is 0 Å². The summed E-state index contributed by atoms with van der Waals surface area (Å²) >= 11 is 0. The monoisotopic (exact) mass is 274 g/mol. The van der Waals surface area contributed by atoms with Gasteiger partial charge in [0.25, 0.3) is 0 Å². The lowest BCUT2D eigenvalue weighted by molar-refractivity contribution is 0.237. The summed E-state index contributed by atoms with van der Waals surface area (Å²) in [7, 11) is 0. The van der Waals surface area contributed by atoms with Crippen LogP contribution in [0.1, 0.15) is 24.0 Å².